The summed E-state index contributed by atoms with van der Waals surface area (Å²) in [5, 5.41) is 5.87. The van der Waals surface area contributed by atoms with Crippen LogP contribution in [0.4, 0.5) is 11.5 Å². The Morgan fingerprint density at radius 1 is 1.20 bits per heavy atom. The molecular formula is C17H19N3O4S. The van der Waals surface area contributed by atoms with E-state index in [-0.39, 0.29) is 23.5 Å². The molecule has 0 spiro atoms. The lowest BCUT2D eigenvalue weighted by molar-refractivity contribution is 0.0941. The van der Waals surface area contributed by atoms with Crippen LogP contribution in [0.1, 0.15) is 16.8 Å². The summed E-state index contributed by atoms with van der Waals surface area (Å²) >= 11 is 0. The molecule has 2 N–H and O–H groups in total. The molecule has 1 fully saturated rings. The van der Waals surface area contributed by atoms with Crippen LogP contribution < -0.4 is 15.4 Å². The van der Waals surface area contributed by atoms with Crippen LogP contribution in [0.15, 0.2) is 42.6 Å². The summed E-state index contributed by atoms with van der Waals surface area (Å²) < 4.78 is 28.0. The monoisotopic (exact) mass is 361 g/mol. The van der Waals surface area contributed by atoms with Gasteiger partial charge in [0.15, 0.2) is 9.84 Å². The Balaban J connectivity index is 1.60. The fourth-order valence-corrected chi connectivity index (χ4v) is 4.28. The number of hydrogen-bond donors (Lipinski definition) is 2. The van der Waals surface area contributed by atoms with Gasteiger partial charge in [-0.15, -0.1) is 0 Å². The number of carbonyl (C=O) groups is 1. The predicted molar refractivity (Wildman–Crippen MR) is 95.0 cm³/mol. The van der Waals surface area contributed by atoms with Crippen molar-refractivity contribution >= 4 is 27.2 Å². The number of ether oxygens (including phenoxy) is 1. The molecule has 3 rings (SSSR count). The van der Waals surface area contributed by atoms with Crippen molar-refractivity contribution in [2.45, 2.75) is 12.5 Å². The van der Waals surface area contributed by atoms with Gasteiger partial charge in [-0.05, 0) is 42.8 Å². The second-order valence-electron chi connectivity index (χ2n) is 5.86. The molecule has 1 aromatic carbocycles. The van der Waals surface area contributed by atoms with Crippen molar-refractivity contribution < 1.29 is 17.9 Å². The van der Waals surface area contributed by atoms with Gasteiger partial charge in [-0.2, -0.15) is 0 Å². The normalized spacial score (nSPS) is 18.5. The molecule has 0 radical (unpaired) electrons. The van der Waals surface area contributed by atoms with Crippen molar-refractivity contribution in [2.24, 2.45) is 0 Å². The van der Waals surface area contributed by atoms with E-state index in [1.807, 2.05) is 24.3 Å². The van der Waals surface area contributed by atoms with E-state index in [1.54, 1.807) is 19.2 Å². The van der Waals surface area contributed by atoms with Crippen LogP contribution in [0.5, 0.6) is 5.75 Å². The molecule has 0 bridgehead atoms. The Labute approximate surface area is 146 Å². The van der Waals surface area contributed by atoms with Gasteiger partial charge in [0.2, 0.25) is 0 Å². The molecule has 0 aliphatic carbocycles. The summed E-state index contributed by atoms with van der Waals surface area (Å²) in [6.07, 6.45) is 1.92. The molecule has 1 atom stereocenters. The number of rotatable bonds is 5. The molecule has 1 aliphatic heterocycles. The summed E-state index contributed by atoms with van der Waals surface area (Å²) in [5.74, 6) is 1.18. The standard InChI is InChI=1S/C17H19N3O4S/c1-24-15-5-3-13(4-6-15)19-16-7-2-12(10-18-16)17(21)20-14-8-9-25(22,23)11-14/h2-7,10,14H,8-9,11H2,1H3,(H,18,19)(H,20,21). The number of pyridine rings is 1. The van der Waals surface area contributed by atoms with E-state index >= 15 is 0 Å². The molecule has 1 aromatic heterocycles. The molecule has 25 heavy (non-hydrogen) atoms. The minimum Gasteiger partial charge on any atom is -0.497 e. The number of benzene rings is 1. The molecule has 2 heterocycles. The first kappa shape index (κ1) is 17.2. The highest BCUT2D eigenvalue weighted by Crippen LogP contribution is 2.19. The van der Waals surface area contributed by atoms with E-state index in [9.17, 15) is 13.2 Å². The minimum absolute atomic E-state index is 0.00325. The van der Waals surface area contributed by atoms with Gasteiger partial charge in [-0.3, -0.25) is 4.79 Å². The number of carbonyl (C=O) groups excluding carboxylic acids is 1. The van der Waals surface area contributed by atoms with E-state index in [2.05, 4.69) is 15.6 Å². The number of hydrogen-bond acceptors (Lipinski definition) is 6. The van der Waals surface area contributed by atoms with Gasteiger partial charge < -0.3 is 15.4 Å². The first-order valence-corrected chi connectivity index (χ1v) is 9.66. The van der Waals surface area contributed by atoms with Crippen LogP contribution in [0, 0.1) is 0 Å². The SMILES string of the molecule is COc1ccc(Nc2ccc(C(=O)NC3CCS(=O)(=O)C3)cn2)cc1. The molecule has 132 valence electrons. The van der Waals surface area contributed by atoms with E-state index in [4.69, 9.17) is 4.74 Å². The Morgan fingerprint density at radius 2 is 1.96 bits per heavy atom. The van der Waals surface area contributed by atoms with Gasteiger partial charge in [0, 0.05) is 17.9 Å². The third-order valence-electron chi connectivity index (χ3n) is 3.96. The highest BCUT2D eigenvalue weighted by molar-refractivity contribution is 7.91. The smallest absolute Gasteiger partial charge is 0.253 e. The topological polar surface area (TPSA) is 97.4 Å². The first-order valence-electron chi connectivity index (χ1n) is 7.83. The van der Waals surface area contributed by atoms with Gasteiger partial charge in [-0.25, -0.2) is 13.4 Å². The Kier molecular flexibility index (Phi) is 4.89. The summed E-state index contributed by atoms with van der Waals surface area (Å²) in [7, 11) is -1.41. The van der Waals surface area contributed by atoms with E-state index in [0.29, 0.717) is 17.8 Å². The lowest BCUT2D eigenvalue weighted by Gasteiger charge is -2.11. The molecular weight excluding hydrogens is 342 g/mol. The summed E-state index contributed by atoms with van der Waals surface area (Å²) in [6.45, 7) is 0. The van der Waals surface area contributed by atoms with Gasteiger partial charge in [0.25, 0.3) is 5.91 Å². The van der Waals surface area contributed by atoms with E-state index < -0.39 is 9.84 Å². The van der Waals surface area contributed by atoms with Crippen LogP contribution in [-0.2, 0) is 9.84 Å². The van der Waals surface area contributed by atoms with Crippen LogP contribution in [0.3, 0.4) is 0 Å². The van der Waals surface area contributed by atoms with Crippen molar-refractivity contribution in [3.05, 3.63) is 48.2 Å². The van der Waals surface area contributed by atoms with Crippen molar-refractivity contribution in [1.82, 2.24) is 10.3 Å². The molecule has 8 heteroatoms. The van der Waals surface area contributed by atoms with Crippen molar-refractivity contribution in [2.75, 3.05) is 23.9 Å². The highest BCUT2D eigenvalue weighted by atomic mass is 32.2. The quantitative estimate of drug-likeness (QED) is 0.842. The lowest BCUT2D eigenvalue weighted by Crippen LogP contribution is -2.35. The molecule has 7 nitrogen and oxygen atoms in total. The van der Waals surface area contributed by atoms with Crippen LogP contribution >= 0.6 is 0 Å². The summed E-state index contributed by atoms with van der Waals surface area (Å²) in [4.78, 5) is 16.4. The fraction of sp³-hybridized carbons (Fsp3) is 0.294. The first-order chi connectivity index (χ1) is 11.9. The number of nitrogens with zero attached hydrogens (tertiary/aromatic N) is 1. The molecule has 1 aliphatic rings. The van der Waals surface area contributed by atoms with Crippen molar-refractivity contribution in [1.29, 1.82) is 0 Å². The van der Waals surface area contributed by atoms with Gasteiger partial charge in [-0.1, -0.05) is 0 Å². The van der Waals surface area contributed by atoms with Crippen LogP contribution in [0.25, 0.3) is 0 Å². The van der Waals surface area contributed by atoms with Crippen molar-refractivity contribution in [3.63, 3.8) is 0 Å². The Bertz CT molecular complexity index is 848. The third-order valence-corrected chi connectivity index (χ3v) is 5.72. The number of aromatic nitrogens is 1. The molecule has 1 saturated heterocycles. The average Bonchev–Trinajstić information content (AvgIpc) is 2.94. The zero-order chi connectivity index (χ0) is 17.9. The zero-order valence-electron chi connectivity index (χ0n) is 13.7. The molecule has 2 aromatic rings. The largest absolute Gasteiger partial charge is 0.497 e. The van der Waals surface area contributed by atoms with Gasteiger partial charge in [0.1, 0.15) is 11.6 Å². The fourth-order valence-electron chi connectivity index (χ4n) is 2.60. The maximum Gasteiger partial charge on any atom is 0.253 e. The Hall–Kier alpha value is -2.61. The third kappa shape index (κ3) is 4.48. The summed E-state index contributed by atoms with van der Waals surface area (Å²) in [6, 6.07) is 10.4. The van der Waals surface area contributed by atoms with E-state index in [1.165, 1.54) is 6.20 Å². The van der Waals surface area contributed by atoms with E-state index in [0.717, 1.165) is 11.4 Å². The second-order valence-corrected chi connectivity index (χ2v) is 8.09. The highest BCUT2D eigenvalue weighted by Gasteiger charge is 2.29. The molecule has 0 saturated carbocycles. The lowest BCUT2D eigenvalue weighted by atomic mass is 10.2. The maximum absolute atomic E-state index is 12.2. The number of nitrogens with one attached hydrogen (secondary N) is 2. The zero-order valence-corrected chi connectivity index (χ0v) is 14.5. The van der Waals surface area contributed by atoms with Crippen LogP contribution in [-0.4, -0.2) is 44.0 Å². The number of amides is 1. The van der Waals surface area contributed by atoms with Gasteiger partial charge in [0.05, 0.1) is 24.2 Å². The second kappa shape index (κ2) is 7.10. The Morgan fingerprint density at radius 3 is 2.52 bits per heavy atom. The summed E-state index contributed by atoms with van der Waals surface area (Å²) in [5.41, 5.74) is 1.24. The minimum atomic E-state index is -3.02. The number of sulfone groups is 1. The predicted octanol–water partition coefficient (Wildman–Crippen LogP) is 1.75. The van der Waals surface area contributed by atoms with Gasteiger partial charge >= 0.3 is 0 Å². The average molecular weight is 361 g/mol. The molecule has 1 unspecified atom stereocenters. The maximum atomic E-state index is 12.2. The number of anilines is 2. The van der Waals surface area contributed by atoms with Crippen LogP contribution in [0.2, 0.25) is 0 Å². The molecule has 1 amide bonds. The number of methoxy groups -OCH3 is 1. The van der Waals surface area contributed by atoms with Crippen molar-refractivity contribution in [3.8, 4) is 5.75 Å².